The first-order valence-electron chi connectivity index (χ1n) is 4.21. The average Bonchev–Trinajstić information content (AvgIpc) is 2.37. The van der Waals surface area contributed by atoms with Crippen molar-refractivity contribution in [2.24, 2.45) is 0 Å². The minimum absolute atomic E-state index is 0.221. The molecule has 0 aliphatic carbocycles. The molecule has 13 heavy (non-hydrogen) atoms. The number of aliphatic hydroxyl groups excluding tert-OH is 1. The molecule has 74 valence electrons. The third-order valence-corrected chi connectivity index (χ3v) is 2.15. The zero-order valence-electron chi connectivity index (χ0n) is 7.56. The van der Waals surface area contributed by atoms with Crippen LogP contribution < -0.4 is 0 Å². The van der Waals surface area contributed by atoms with Crippen LogP contribution in [-0.2, 0) is 0 Å². The van der Waals surface area contributed by atoms with Gasteiger partial charge in [0.25, 0.3) is 5.92 Å². The quantitative estimate of drug-likeness (QED) is 0.647. The van der Waals surface area contributed by atoms with Gasteiger partial charge in [-0.25, -0.2) is 8.78 Å². The molecule has 0 aromatic carbocycles. The van der Waals surface area contributed by atoms with E-state index in [1.807, 2.05) is 0 Å². The van der Waals surface area contributed by atoms with Crippen LogP contribution in [0.2, 0.25) is 0 Å². The number of rotatable bonds is 2. The molecule has 1 saturated heterocycles. The molecule has 0 aromatic heterocycles. The lowest BCUT2D eigenvalue weighted by Gasteiger charge is -2.18. The van der Waals surface area contributed by atoms with Crippen molar-refractivity contribution in [2.45, 2.75) is 25.3 Å². The molecule has 0 spiro atoms. The molecule has 2 nitrogen and oxygen atoms in total. The number of hydrogen-bond acceptors (Lipinski definition) is 2. The Bertz CT molecular complexity index is 232. The van der Waals surface area contributed by atoms with Crippen LogP contribution in [0.3, 0.4) is 0 Å². The number of alkyl halides is 2. The summed E-state index contributed by atoms with van der Waals surface area (Å²) in [5.74, 6) is 2.71. The Morgan fingerprint density at radius 2 is 2.31 bits per heavy atom. The molecule has 0 aromatic rings. The van der Waals surface area contributed by atoms with Crippen LogP contribution in [-0.4, -0.2) is 41.7 Å². The fraction of sp³-hybridized carbons (Fsp3) is 0.778. The maximum Gasteiger partial charge on any atom is 0.262 e. The molecule has 1 aliphatic rings. The standard InChI is InChI=1S/C9H13F2NO/c1-2-3-4-12-7-9(10,11)5-8(12)6-13/h8,13H,4-7H2,1H3. The van der Waals surface area contributed by atoms with E-state index >= 15 is 0 Å². The van der Waals surface area contributed by atoms with Crippen LogP contribution in [0.5, 0.6) is 0 Å². The van der Waals surface area contributed by atoms with E-state index in [9.17, 15) is 8.78 Å². The molecule has 1 atom stereocenters. The van der Waals surface area contributed by atoms with Gasteiger partial charge in [0, 0.05) is 12.5 Å². The monoisotopic (exact) mass is 189 g/mol. The van der Waals surface area contributed by atoms with Gasteiger partial charge in [0.2, 0.25) is 0 Å². The molecular weight excluding hydrogens is 176 g/mol. The number of hydrogen-bond donors (Lipinski definition) is 1. The van der Waals surface area contributed by atoms with E-state index in [1.165, 1.54) is 4.90 Å². The molecule has 4 heteroatoms. The van der Waals surface area contributed by atoms with Crippen LogP contribution in [0.1, 0.15) is 13.3 Å². The Labute approximate surface area is 76.5 Å². The number of aliphatic hydroxyl groups is 1. The molecule has 1 fully saturated rings. The summed E-state index contributed by atoms with van der Waals surface area (Å²) in [4.78, 5) is 1.52. The zero-order chi connectivity index (χ0) is 9.90. The fourth-order valence-electron chi connectivity index (χ4n) is 1.51. The van der Waals surface area contributed by atoms with Gasteiger partial charge in [-0.1, -0.05) is 5.92 Å². The molecule has 1 rings (SSSR count). The molecular formula is C9H13F2NO. The van der Waals surface area contributed by atoms with E-state index in [0.29, 0.717) is 6.54 Å². The summed E-state index contributed by atoms with van der Waals surface area (Å²) < 4.78 is 25.7. The second-order valence-electron chi connectivity index (χ2n) is 3.23. The summed E-state index contributed by atoms with van der Waals surface area (Å²) in [6, 6.07) is -0.434. The van der Waals surface area contributed by atoms with Crippen molar-refractivity contribution in [1.82, 2.24) is 4.90 Å². The maximum absolute atomic E-state index is 12.9. The van der Waals surface area contributed by atoms with Crippen molar-refractivity contribution in [3.63, 3.8) is 0 Å². The minimum Gasteiger partial charge on any atom is -0.395 e. The van der Waals surface area contributed by atoms with Crippen molar-refractivity contribution in [1.29, 1.82) is 0 Å². The first-order valence-corrected chi connectivity index (χ1v) is 4.21. The average molecular weight is 189 g/mol. The Balaban J connectivity index is 2.56. The van der Waals surface area contributed by atoms with Crippen LogP contribution in [0.4, 0.5) is 8.78 Å². The summed E-state index contributed by atoms with van der Waals surface area (Å²) in [7, 11) is 0. The van der Waals surface area contributed by atoms with Crippen LogP contribution >= 0.6 is 0 Å². The van der Waals surface area contributed by atoms with E-state index in [4.69, 9.17) is 5.11 Å². The summed E-state index contributed by atoms with van der Waals surface area (Å²) in [6.45, 7) is 1.48. The first kappa shape index (κ1) is 10.4. The predicted octanol–water partition coefficient (Wildman–Crippen LogP) is 0.712. The Morgan fingerprint density at radius 3 is 2.85 bits per heavy atom. The van der Waals surface area contributed by atoms with Gasteiger partial charge in [0.1, 0.15) is 0 Å². The van der Waals surface area contributed by atoms with Gasteiger partial charge in [-0.05, 0) is 6.92 Å². The SMILES string of the molecule is CC#CCN1CC(F)(F)CC1CO. The molecule has 0 saturated carbocycles. The molecule has 1 heterocycles. The molecule has 0 amide bonds. The van der Waals surface area contributed by atoms with Gasteiger partial charge in [-0.2, -0.15) is 0 Å². The highest BCUT2D eigenvalue weighted by Gasteiger charge is 2.44. The molecule has 0 bridgehead atoms. The minimum atomic E-state index is -2.66. The highest BCUT2D eigenvalue weighted by atomic mass is 19.3. The van der Waals surface area contributed by atoms with E-state index in [1.54, 1.807) is 6.92 Å². The Kier molecular flexibility index (Phi) is 3.23. The van der Waals surface area contributed by atoms with Crippen molar-refractivity contribution >= 4 is 0 Å². The summed E-state index contributed by atoms with van der Waals surface area (Å²) in [5, 5.41) is 8.84. The zero-order valence-corrected chi connectivity index (χ0v) is 7.56. The predicted molar refractivity (Wildman–Crippen MR) is 45.5 cm³/mol. The molecule has 1 N–H and O–H groups in total. The van der Waals surface area contributed by atoms with Crippen LogP contribution in [0, 0.1) is 11.8 Å². The van der Waals surface area contributed by atoms with E-state index in [2.05, 4.69) is 11.8 Å². The van der Waals surface area contributed by atoms with Crippen molar-refractivity contribution in [3.05, 3.63) is 0 Å². The van der Waals surface area contributed by atoms with Gasteiger partial charge < -0.3 is 5.11 Å². The van der Waals surface area contributed by atoms with E-state index < -0.39 is 12.0 Å². The van der Waals surface area contributed by atoms with Gasteiger partial charge in [-0.3, -0.25) is 4.90 Å². The van der Waals surface area contributed by atoms with E-state index in [0.717, 1.165) is 0 Å². The number of likely N-dealkylation sites (tertiary alicyclic amines) is 1. The lowest BCUT2D eigenvalue weighted by atomic mass is 10.2. The number of halogens is 2. The first-order chi connectivity index (χ1) is 6.09. The Hall–Kier alpha value is -0.660. The molecule has 1 aliphatic heterocycles. The third kappa shape index (κ3) is 2.64. The maximum atomic E-state index is 12.9. The van der Waals surface area contributed by atoms with Gasteiger partial charge in [0.05, 0.1) is 19.7 Å². The van der Waals surface area contributed by atoms with Crippen molar-refractivity contribution in [2.75, 3.05) is 19.7 Å². The van der Waals surface area contributed by atoms with Crippen molar-refractivity contribution < 1.29 is 13.9 Å². The summed E-state index contributed by atoms with van der Waals surface area (Å²) >= 11 is 0. The molecule has 0 radical (unpaired) electrons. The van der Waals surface area contributed by atoms with E-state index in [-0.39, 0.29) is 19.6 Å². The second-order valence-corrected chi connectivity index (χ2v) is 3.23. The highest BCUT2D eigenvalue weighted by molar-refractivity contribution is 5.02. The Morgan fingerprint density at radius 1 is 1.62 bits per heavy atom. The third-order valence-electron chi connectivity index (χ3n) is 2.15. The lowest BCUT2D eigenvalue weighted by molar-refractivity contribution is 0.0127. The van der Waals surface area contributed by atoms with Crippen LogP contribution in [0.15, 0.2) is 0 Å². The normalized spacial score (nSPS) is 26.9. The largest absolute Gasteiger partial charge is 0.395 e. The van der Waals surface area contributed by atoms with Gasteiger partial charge >= 0.3 is 0 Å². The second kappa shape index (κ2) is 4.03. The molecule has 1 unspecified atom stereocenters. The van der Waals surface area contributed by atoms with Crippen molar-refractivity contribution in [3.8, 4) is 11.8 Å². The lowest BCUT2D eigenvalue weighted by Crippen LogP contribution is -2.33. The van der Waals surface area contributed by atoms with Crippen LogP contribution in [0.25, 0.3) is 0 Å². The topological polar surface area (TPSA) is 23.5 Å². The van der Waals surface area contributed by atoms with Gasteiger partial charge in [-0.15, -0.1) is 5.92 Å². The van der Waals surface area contributed by atoms with Gasteiger partial charge in [0.15, 0.2) is 0 Å². The highest BCUT2D eigenvalue weighted by Crippen LogP contribution is 2.31. The summed E-state index contributed by atoms with van der Waals surface area (Å²) in [6.07, 6.45) is -0.255. The number of nitrogens with zero attached hydrogens (tertiary/aromatic N) is 1. The smallest absolute Gasteiger partial charge is 0.262 e. The fourth-order valence-corrected chi connectivity index (χ4v) is 1.51. The summed E-state index contributed by atoms with van der Waals surface area (Å²) in [5.41, 5.74) is 0.